The van der Waals surface area contributed by atoms with E-state index >= 15 is 0 Å². The Morgan fingerprint density at radius 1 is 1.17 bits per heavy atom. The molecule has 9 nitrogen and oxygen atoms in total. The summed E-state index contributed by atoms with van der Waals surface area (Å²) in [6, 6.07) is 11.3. The van der Waals surface area contributed by atoms with Crippen molar-refractivity contribution in [1.29, 1.82) is 0 Å². The number of phenolic OH excluding ortho intramolecular Hbond substituents is 1. The molecule has 0 radical (unpaired) electrons. The average molecular weight is 407 g/mol. The Hall–Kier alpha value is -4.01. The zero-order chi connectivity index (χ0) is 21.3. The summed E-state index contributed by atoms with van der Waals surface area (Å²) in [6.45, 7) is 1.81. The number of ether oxygens (including phenoxy) is 2. The van der Waals surface area contributed by atoms with Crippen molar-refractivity contribution in [3.8, 4) is 17.2 Å². The summed E-state index contributed by atoms with van der Waals surface area (Å²) in [5.74, 6) is 1.44. The molecule has 0 aliphatic carbocycles. The van der Waals surface area contributed by atoms with E-state index in [1.54, 1.807) is 54.3 Å². The number of amides is 1. The zero-order valence-corrected chi connectivity index (χ0v) is 16.7. The molecule has 2 heterocycles. The number of rotatable bonds is 5. The SMILES string of the molecule is COc1ccc(OC)c(NC(=O)C2=C(C)Nc3ncnn3C2c2ccc(O)cc2)c1. The quantitative estimate of drug-likeness (QED) is 0.596. The Kier molecular flexibility index (Phi) is 5.01. The summed E-state index contributed by atoms with van der Waals surface area (Å²) in [5, 5.41) is 20.0. The van der Waals surface area contributed by atoms with Gasteiger partial charge in [0.1, 0.15) is 29.6 Å². The van der Waals surface area contributed by atoms with Gasteiger partial charge in [0.25, 0.3) is 5.91 Å². The molecule has 1 unspecified atom stereocenters. The standard InChI is InChI=1S/C21H21N5O4/c1-12-18(20(28)25-16-10-15(29-2)8-9-17(16)30-3)19(13-4-6-14(27)7-5-13)26-21(24-12)22-11-23-26/h4-11,19,27H,1-3H3,(H,25,28)(H,22,23,24). The number of nitrogens with one attached hydrogen (secondary N) is 2. The molecule has 154 valence electrons. The number of carbonyl (C=O) groups is 1. The fourth-order valence-electron chi connectivity index (χ4n) is 3.45. The van der Waals surface area contributed by atoms with Gasteiger partial charge in [0, 0.05) is 11.8 Å². The number of nitrogens with zero attached hydrogens (tertiary/aromatic N) is 3. The molecule has 0 saturated heterocycles. The predicted octanol–water partition coefficient (Wildman–Crippen LogP) is 2.93. The Morgan fingerprint density at radius 3 is 2.63 bits per heavy atom. The smallest absolute Gasteiger partial charge is 0.255 e. The second-order valence-electron chi connectivity index (χ2n) is 6.71. The molecule has 1 aliphatic heterocycles. The van der Waals surface area contributed by atoms with Gasteiger partial charge in [-0.3, -0.25) is 4.79 Å². The van der Waals surface area contributed by atoms with Crippen LogP contribution in [0, 0.1) is 0 Å². The number of methoxy groups -OCH3 is 2. The summed E-state index contributed by atoms with van der Waals surface area (Å²) in [4.78, 5) is 17.6. The maximum absolute atomic E-state index is 13.4. The van der Waals surface area contributed by atoms with E-state index in [-0.39, 0.29) is 11.7 Å². The highest BCUT2D eigenvalue weighted by Crippen LogP contribution is 2.37. The van der Waals surface area contributed by atoms with Crippen molar-refractivity contribution in [1.82, 2.24) is 14.8 Å². The minimum Gasteiger partial charge on any atom is -0.508 e. The van der Waals surface area contributed by atoms with Gasteiger partial charge in [-0.05, 0) is 36.8 Å². The van der Waals surface area contributed by atoms with E-state index in [9.17, 15) is 9.90 Å². The molecule has 2 aromatic carbocycles. The first-order valence-electron chi connectivity index (χ1n) is 9.21. The predicted molar refractivity (Wildman–Crippen MR) is 111 cm³/mol. The monoisotopic (exact) mass is 407 g/mol. The summed E-state index contributed by atoms with van der Waals surface area (Å²) in [7, 11) is 3.09. The molecule has 1 aromatic heterocycles. The van der Waals surface area contributed by atoms with Crippen LogP contribution in [0.4, 0.5) is 11.6 Å². The van der Waals surface area contributed by atoms with Gasteiger partial charge in [-0.2, -0.15) is 10.1 Å². The van der Waals surface area contributed by atoms with Gasteiger partial charge in [-0.15, -0.1) is 0 Å². The lowest BCUT2D eigenvalue weighted by Gasteiger charge is -2.29. The van der Waals surface area contributed by atoms with Crippen LogP contribution in [0.5, 0.6) is 17.2 Å². The number of allylic oxidation sites excluding steroid dienone is 1. The maximum Gasteiger partial charge on any atom is 0.255 e. The van der Waals surface area contributed by atoms with E-state index < -0.39 is 6.04 Å². The number of aromatic nitrogens is 3. The first-order valence-corrected chi connectivity index (χ1v) is 9.21. The van der Waals surface area contributed by atoms with Crippen molar-refractivity contribution < 1.29 is 19.4 Å². The highest BCUT2D eigenvalue weighted by atomic mass is 16.5. The molecule has 0 bridgehead atoms. The van der Waals surface area contributed by atoms with Crippen LogP contribution in [0.15, 0.2) is 60.1 Å². The van der Waals surface area contributed by atoms with Crippen LogP contribution < -0.4 is 20.1 Å². The molecular weight excluding hydrogens is 386 g/mol. The molecular formula is C21H21N5O4. The van der Waals surface area contributed by atoms with Crippen LogP contribution in [-0.4, -0.2) is 40.0 Å². The van der Waals surface area contributed by atoms with Crippen molar-refractivity contribution in [3.63, 3.8) is 0 Å². The van der Waals surface area contributed by atoms with Gasteiger partial charge in [0.15, 0.2) is 0 Å². The molecule has 1 atom stereocenters. The number of phenols is 1. The first-order chi connectivity index (χ1) is 14.5. The van der Waals surface area contributed by atoms with E-state index in [1.807, 2.05) is 6.92 Å². The number of aromatic hydroxyl groups is 1. The molecule has 0 spiro atoms. The summed E-state index contributed by atoms with van der Waals surface area (Å²) < 4.78 is 12.3. The summed E-state index contributed by atoms with van der Waals surface area (Å²) in [6.07, 6.45) is 1.43. The molecule has 1 amide bonds. The Balaban J connectivity index is 1.75. The fourth-order valence-corrected chi connectivity index (χ4v) is 3.45. The molecule has 30 heavy (non-hydrogen) atoms. The van der Waals surface area contributed by atoms with Crippen LogP contribution in [0.3, 0.4) is 0 Å². The van der Waals surface area contributed by atoms with Gasteiger partial charge >= 0.3 is 0 Å². The molecule has 1 aliphatic rings. The number of anilines is 2. The highest BCUT2D eigenvalue weighted by Gasteiger charge is 2.33. The molecule has 3 aromatic rings. The average Bonchev–Trinajstić information content (AvgIpc) is 3.21. The van der Waals surface area contributed by atoms with Crippen LogP contribution in [-0.2, 0) is 4.79 Å². The zero-order valence-electron chi connectivity index (χ0n) is 16.7. The lowest BCUT2D eigenvalue weighted by atomic mass is 9.95. The summed E-state index contributed by atoms with van der Waals surface area (Å²) in [5.41, 5.74) is 2.37. The molecule has 0 fully saturated rings. The number of fused-ring (bicyclic) bond motifs is 1. The third-order valence-electron chi connectivity index (χ3n) is 4.90. The van der Waals surface area contributed by atoms with E-state index in [0.717, 1.165) is 5.56 Å². The lowest BCUT2D eigenvalue weighted by molar-refractivity contribution is -0.113. The number of benzene rings is 2. The molecule has 4 rings (SSSR count). The van der Waals surface area contributed by atoms with E-state index in [2.05, 4.69) is 20.7 Å². The first kappa shape index (κ1) is 19.3. The Bertz CT molecular complexity index is 1120. The van der Waals surface area contributed by atoms with Crippen molar-refractivity contribution in [2.75, 3.05) is 24.9 Å². The van der Waals surface area contributed by atoms with Crippen LogP contribution in [0.25, 0.3) is 0 Å². The van der Waals surface area contributed by atoms with Gasteiger partial charge in [-0.25, -0.2) is 4.68 Å². The van der Waals surface area contributed by atoms with Crippen molar-refractivity contribution >= 4 is 17.5 Å². The van der Waals surface area contributed by atoms with Gasteiger partial charge in [0.2, 0.25) is 5.95 Å². The summed E-state index contributed by atoms with van der Waals surface area (Å²) >= 11 is 0. The molecule has 3 N–H and O–H groups in total. The molecule has 9 heteroatoms. The van der Waals surface area contributed by atoms with Crippen LogP contribution in [0.1, 0.15) is 18.5 Å². The Labute approximate surface area is 173 Å². The third kappa shape index (κ3) is 3.41. The number of hydrogen-bond acceptors (Lipinski definition) is 7. The fraction of sp³-hybridized carbons (Fsp3) is 0.190. The highest BCUT2D eigenvalue weighted by molar-refractivity contribution is 6.06. The Morgan fingerprint density at radius 2 is 1.93 bits per heavy atom. The third-order valence-corrected chi connectivity index (χ3v) is 4.90. The normalized spacial score (nSPS) is 15.2. The van der Waals surface area contributed by atoms with Crippen LogP contribution in [0.2, 0.25) is 0 Å². The van der Waals surface area contributed by atoms with E-state index in [0.29, 0.717) is 34.4 Å². The minimum absolute atomic E-state index is 0.138. The largest absolute Gasteiger partial charge is 0.508 e. The lowest BCUT2D eigenvalue weighted by Crippen LogP contribution is -2.31. The van der Waals surface area contributed by atoms with E-state index in [1.165, 1.54) is 13.4 Å². The van der Waals surface area contributed by atoms with Crippen LogP contribution >= 0.6 is 0 Å². The van der Waals surface area contributed by atoms with E-state index in [4.69, 9.17) is 9.47 Å². The van der Waals surface area contributed by atoms with Gasteiger partial charge in [-0.1, -0.05) is 12.1 Å². The van der Waals surface area contributed by atoms with Gasteiger partial charge < -0.3 is 25.2 Å². The second-order valence-corrected chi connectivity index (χ2v) is 6.71. The van der Waals surface area contributed by atoms with Crippen molar-refractivity contribution in [3.05, 3.63) is 65.6 Å². The van der Waals surface area contributed by atoms with Crippen molar-refractivity contribution in [2.24, 2.45) is 0 Å². The topological polar surface area (TPSA) is 111 Å². The number of carbonyl (C=O) groups excluding carboxylic acids is 1. The number of hydrogen-bond donors (Lipinski definition) is 3. The maximum atomic E-state index is 13.4. The minimum atomic E-state index is -0.527. The second kappa shape index (κ2) is 7.78. The van der Waals surface area contributed by atoms with Gasteiger partial charge in [0.05, 0.1) is 25.5 Å². The molecule has 0 saturated carbocycles. The van der Waals surface area contributed by atoms with Crippen molar-refractivity contribution in [2.45, 2.75) is 13.0 Å².